The molecule has 1 aromatic rings. The average Bonchev–Trinajstić information content (AvgIpc) is 2.40. The van der Waals surface area contributed by atoms with Crippen molar-refractivity contribution in [1.82, 2.24) is 5.32 Å². The smallest absolute Gasteiger partial charge is 0.122 e. The van der Waals surface area contributed by atoms with Crippen molar-refractivity contribution in [3.63, 3.8) is 0 Å². The maximum Gasteiger partial charge on any atom is 0.122 e. The summed E-state index contributed by atoms with van der Waals surface area (Å²) in [6, 6.07) is 8.50. The minimum atomic E-state index is 0.277. The molecule has 1 saturated carbocycles. The predicted octanol–water partition coefficient (Wildman–Crippen LogP) is 3.12. The quantitative estimate of drug-likeness (QED) is 0.862. The van der Waals surface area contributed by atoms with Crippen molar-refractivity contribution in [2.75, 3.05) is 20.7 Å². The summed E-state index contributed by atoms with van der Waals surface area (Å²) < 4.78 is 5.54. The fraction of sp³-hybridized carbons (Fsp3) is 0.600. The maximum absolute atomic E-state index is 5.54. The molecule has 2 heteroatoms. The van der Waals surface area contributed by atoms with Gasteiger partial charge in [-0.15, -0.1) is 0 Å². The van der Waals surface area contributed by atoms with Gasteiger partial charge >= 0.3 is 0 Å². The second-order valence-corrected chi connectivity index (χ2v) is 5.07. The Labute approximate surface area is 104 Å². The molecule has 0 unspecified atom stereocenters. The van der Waals surface area contributed by atoms with Crippen molar-refractivity contribution in [2.24, 2.45) is 0 Å². The summed E-state index contributed by atoms with van der Waals surface area (Å²) in [7, 11) is 3.82. The first-order chi connectivity index (χ1) is 8.32. The third-order valence-electron chi connectivity index (χ3n) is 4.00. The summed E-state index contributed by atoms with van der Waals surface area (Å²) in [6.45, 7) is 1.05. The number of hydrogen-bond acceptors (Lipinski definition) is 2. The Morgan fingerprint density at radius 3 is 2.53 bits per heavy atom. The summed E-state index contributed by atoms with van der Waals surface area (Å²) in [5.74, 6) is 1.05. The van der Waals surface area contributed by atoms with Gasteiger partial charge in [0.25, 0.3) is 0 Å². The molecule has 0 heterocycles. The Balaban J connectivity index is 2.37. The summed E-state index contributed by atoms with van der Waals surface area (Å²) in [5.41, 5.74) is 1.66. The molecule has 1 aliphatic carbocycles. The van der Waals surface area contributed by atoms with Crippen LogP contribution in [0.25, 0.3) is 0 Å². The molecule has 0 bridgehead atoms. The normalized spacial score (nSPS) is 18.9. The average molecular weight is 233 g/mol. The first-order valence-corrected chi connectivity index (χ1v) is 6.60. The Bertz CT molecular complexity index is 350. The lowest BCUT2D eigenvalue weighted by molar-refractivity contribution is 0.275. The van der Waals surface area contributed by atoms with Gasteiger partial charge in [-0.3, -0.25) is 0 Å². The van der Waals surface area contributed by atoms with Crippen LogP contribution in [0.5, 0.6) is 5.75 Å². The van der Waals surface area contributed by atoms with Crippen molar-refractivity contribution in [3.05, 3.63) is 29.8 Å². The summed E-state index contributed by atoms with van der Waals surface area (Å²) >= 11 is 0. The van der Waals surface area contributed by atoms with Crippen LogP contribution in [0, 0.1) is 0 Å². The van der Waals surface area contributed by atoms with Crippen molar-refractivity contribution in [3.8, 4) is 5.75 Å². The Morgan fingerprint density at radius 1 is 1.18 bits per heavy atom. The highest BCUT2D eigenvalue weighted by Gasteiger charge is 2.35. The van der Waals surface area contributed by atoms with Gasteiger partial charge in [-0.1, -0.05) is 37.5 Å². The minimum absolute atomic E-state index is 0.277. The number of methoxy groups -OCH3 is 1. The third-order valence-corrected chi connectivity index (χ3v) is 4.00. The van der Waals surface area contributed by atoms with E-state index in [-0.39, 0.29) is 5.41 Å². The molecule has 0 aromatic heterocycles. The highest BCUT2D eigenvalue weighted by atomic mass is 16.5. The number of likely N-dealkylation sites (N-methyl/N-ethyl adjacent to an activating group) is 1. The number of benzene rings is 1. The fourth-order valence-electron chi connectivity index (χ4n) is 3.19. The highest BCUT2D eigenvalue weighted by Crippen LogP contribution is 2.42. The second-order valence-electron chi connectivity index (χ2n) is 5.07. The molecule has 0 aliphatic heterocycles. The van der Waals surface area contributed by atoms with Crippen LogP contribution in [-0.2, 0) is 5.41 Å². The van der Waals surface area contributed by atoms with Crippen LogP contribution in [0.2, 0.25) is 0 Å². The van der Waals surface area contributed by atoms with Gasteiger partial charge in [0.15, 0.2) is 0 Å². The Kier molecular flexibility index (Phi) is 4.06. The topological polar surface area (TPSA) is 21.3 Å². The molecule has 2 rings (SSSR count). The molecule has 1 N–H and O–H groups in total. The van der Waals surface area contributed by atoms with Crippen LogP contribution in [0.15, 0.2) is 24.3 Å². The number of nitrogens with one attached hydrogen (secondary N) is 1. The lowest BCUT2D eigenvalue weighted by Crippen LogP contribution is -2.38. The standard InChI is InChI=1S/C15H23NO/c1-16-12-15(10-6-3-7-11-15)13-8-4-5-9-14(13)17-2/h4-5,8-9,16H,3,6-7,10-12H2,1-2H3. The summed E-state index contributed by atoms with van der Waals surface area (Å²) in [5, 5.41) is 3.37. The van der Waals surface area contributed by atoms with Crippen LogP contribution in [0.4, 0.5) is 0 Å². The number of ether oxygens (including phenoxy) is 1. The lowest BCUT2D eigenvalue weighted by atomic mass is 9.69. The summed E-state index contributed by atoms with van der Waals surface area (Å²) in [4.78, 5) is 0. The first-order valence-electron chi connectivity index (χ1n) is 6.60. The van der Waals surface area contributed by atoms with E-state index in [4.69, 9.17) is 4.74 Å². The van der Waals surface area contributed by atoms with E-state index in [0.29, 0.717) is 0 Å². The molecule has 0 atom stereocenters. The lowest BCUT2D eigenvalue weighted by Gasteiger charge is -2.38. The van der Waals surface area contributed by atoms with Gasteiger partial charge < -0.3 is 10.1 Å². The van der Waals surface area contributed by atoms with Crippen LogP contribution in [0.1, 0.15) is 37.7 Å². The largest absolute Gasteiger partial charge is 0.496 e. The molecule has 1 fully saturated rings. The minimum Gasteiger partial charge on any atom is -0.496 e. The van der Waals surface area contributed by atoms with Gasteiger partial charge in [0.05, 0.1) is 7.11 Å². The monoisotopic (exact) mass is 233 g/mol. The van der Waals surface area contributed by atoms with E-state index in [9.17, 15) is 0 Å². The molecular formula is C15H23NO. The van der Waals surface area contributed by atoms with Crippen molar-refractivity contribution >= 4 is 0 Å². The van der Waals surface area contributed by atoms with Crippen molar-refractivity contribution in [2.45, 2.75) is 37.5 Å². The van der Waals surface area contributed by atoms with Crippen LogP contribution < -0.4 is 10.1 Å². The second kappa shape index (κ2) is 5.54. The summed E-state index contributed by atoms with van der Waals surface area (Å²) in [6.07, 6.45) is 6.59. The van der Waals surface area contributed by atoms with Gasteiger partial charge in [0.1, 0.15) is 5.75 Å². The van der Waals surface area contributed by atoms with Crippen LogP contribution >= 0.6 is 0 Å². The Morgan fingerprint density at radius 2 is 1.88 bits per heavy atom. The Hall–Kier alpha value is -1.02. The molecule has 0 spiro atoms. The molecule has 17 heavy (non-hydrogen) atoms. The zero-order valence-electron chi connectivity index (χ0n) is 11.0. The molecule has 0 amide bonds. The third kappa shape index (κ3) is 2.47. The zero-order chi connectivity index (χ0) is 12.1. The number of rotatable bonds is 4. The van der Waals surface area contributed by atoms with Crippen molar-refractivity contribution < 1.29 is 4.74 Å². The fourth-order valence-corrected chi connectivity index (χ4v) is 3.19. The zero-order valence-corrected chi connectivity index (χ0v) is 11.0. The molecule has 0 radical (unpaired) electrons. The van der Waals surface area contributed by atoms with E-state index in [0.717, 1.165) is 12.3 Å². The van der Waals surface area contributed by atoms with Gasteiger partial charge in [0, 0.05) is 17.5 Å². The number of para-hydroxylation sites is 1. The molecular weight excluding hydrogens is 210 g/mol. The van der Waals surface area contributed by atoms with E-state index < -0.39 is 0 Å². The highest BCUT2D eigenvalue weighted by molar-refractivity contribution is 5.40. The SMILES string of the molecule is CNCC1(c2ccccc2OC)CCCCC1. The molecule has 1 aliphatic rings. The van der Waals surface area contributed by atoms with Crippen LogP contribution in [-0.4, -0.2) is 20.7 Å². The van der Waals surface area contributed by atoms with Crippen LogP contribution in [0.3, 0.4) is 0 Å². The molecule has 0 saturated heterocycles. The predicted molar refractivity (Wildman–Crippen MR) is 71.7 cm³/mol. The van der Waals surface area contributed by atoms with Gasteiger partial charge in [-0.25, -0.2) is 0 Å². The van der Waals surface area contributed by atoms with E-state index in [2.05, 4.69) is 29.6 Å². The van der Waals surface area contributed by atoms with Gasteiger partial charge in [0.2, 0.25) is 0 Å². The maximum atomic E-state index is 5.54. The molecule has 1 aromatic carbocycles. The first kappa shape index (κ1) is 12.4. The molecule has 94 valence electrons. The van der Waals surface area contributed by atoms with E-state index >= 15 is 0 Å². The van der Waals surface area contributed by atoms with E-state index in [1.54, 1.807) is 7.11 Å². The number of hydrogen-bond donors (Lipinski definition) is 1. The van der Waals surface area contributed by atoms with Gasteiger partial charge in [-0.05, 0) is 26.0 Å². The van der Waals surface area contributed by atoms with Gasteiger partial charge in [-0.2, -0.15) is 0 Å². The van der Waals surface area contributed by atoms with Crippen molar-refractivity contribution in [1.29, 1.82) is 0 Å². The van der Waals surface area contributed by atoms with E-state index in [1.807, 2.05) is 7.05 Å². The molecule has 2 nitrogen and oxygen atoms in total. The van der Waals surface area contributed by atoms with E-state index in [1.165, 1.54) is 37.7 Å².